The van der Waals surface area contributed by atoms with Crippen LogP contribution in [0.1, 0.15) is 0 Å². The topological polar surface area (TPSA) is 45.5 Å². The summed E-state index contributed by atoms with van der Waals surface area (Å²) < 4.78 is 11.9. The number of fused-ring (bicyclic) bond motifs is 15. The van der Waals surface area contributed by atoms with Crippen molar-refractivity contribution in [2.45, 2.75) is 0 Å². The summed E-state index contributed by atoms with van der Waals surface area (Å²) in [6.07, 6.45) is 0. The van der Waals surface area contributed by atoms with Crippen molar-refractivity contribution in [2.75, 3.05) is 0 Å². The Balaban J connectivity index is 0.828. The standard InChI is InChI=1S/C76H46N6S/c1-3-17-52(18-4-1)79-65-26-12-7-21-54(65)59-41-47(31-36-69(59)79)49-33-38-71-61(43-49)56-23-9-14-28-67(56)81(71)75-46-64(51-35-40-74-63(45-51)58-25-11-16-30-73(58)83-74)77-76(78-75)82-68-29-15-10-24-57(68)62-44-50(34-39-72(62)82)48-32-37-70-60(42-48)55-22-8-13-27-66(55)80(70)53-19-5-2-6-20-53/h1-46H. The average Bonchev–Trinajstić information content (AvgIpc) is 3.94. The summed E-state index contributed by atoms with van der Waals surface area (Å²) in [5, 5.41) is 12.0. The van der Waals surface area contributed by atoms with E-state index in [1.54, 1.807) is 0 Å². The Morgan fingerprint density at radius 1 is 0.229 bits per heavy atom. The van der Waals surface area contributed by atoms with Crippen molar-refractivity contribution in [3.05, 3.63) is 279 Å². The predicted molar refractivity (Wildman–Crippen MR) is 349 cm³/mol. The molecule has 6 heterocycles. The third kappa shape index (κ3) is 6.95. The molecule has 0 aliphatic heterocycles. The number of aromatic nitrogens is 6. The summed E-state index contributed by atoms with van der Waals surface area (Å²) in [4.78, 5) is 11.3. The van der Waals surface area contributed by atoms with E-state index in [2.05, 4.69) is 297 Å². The molecule has 0 spiro atoms. The highest BCUT2D eigenvalue weighted by atomic mass is 32.1. The summed E-state index contributed by atoms with van der Waals surface area (Å²) in [6, 6.07) is 102. The van der Waals surface area contributed by atoms with Gasteiger partial charge in [0.1, 0.15) is 5.82 Å². The fraction of sp³-hybridized carbons (Fsp3) is 0. The van der Waals surface area contributed by atoms with Gasteiger partial charge in [-0.2, -0.15) is 4.98 Å². The van der Waals surface area contributed by atoms with Crippen LogP contribution in [0.2, 0.25) is 0 Å². The molecule has 0 aliphatic rings. The van der Waals surface area contributed by atoms with Crippen LogP contribution in [0.25, 0.3) is 164 Å². The van der Waals surface area contributed by atoms with Gasteiger partial charge in [0.2, 0.25) is 5.95 Å². The lowest BCUT2D eigenvalue weighted by molar-refractivity contribution is 0.952. The highest BCUT2D eigenvalue weighted by Gasteiger charge is 2.23. The van der Waals surface area contributed by atoms with E-state index in [-0.39, 0.29) is 0 Å². The summed E-state index contributed by atoms with van der Waals surface area (Å²) >= 11 is 1.83. The maximum absolute atomic E-state index is 5.70. The quantitative estimate of drug-likeness (QED) is 0.160. The van der Waals surface area contributed by atoms with Crippen molar-refractivity contribution in [2.24, 2.45) is 0 Å². The minimum atomic E-state index is 0.604. The van der Waals surface area contributed by atoms with E-state index in [9.17, 15) is 0 Å². The number of nitrogens with zero attached hydrogens (tertiary/aromatic N) is 6. The van der Waals surface area contributed by atoms with Crippen LogP contribution in [0.5, 0.6) is 0 Å². The second-order valence-corrected chi connectivity index (χ2v) is 22.8. The number of thiophene rings is 1. The van der Waals surface area contributed by atoms with E-state index < -0.39 is 0 Å². The van der Waals surface area contributed by atoms with Crippen molar-refractivity contribution in [3.63, 3.8) is 0 Å². The molecule has 6 aromatic heterocycles. The van der Waals surface area contributed by atoms with Crippen LogP contribution < -0.4 is 0 Å². The average molecular weight is 1080 g/mol. The van der Waals surface area contributed by atoms with Gasteiger partial charge in [-0.1, -0.05) is 158 Å². The highest BCUT2D eigenvalue weighted by molar-refractivity contribution is 7.25. The first-order chi connectivity index (χ1) is 41.1. The Morgan fingerprint density at radius 3 is 1.07 bits per heavy atom. The zero-order valence-electron chi connectivity index (χ0n) is 44.6. The van der Waals surface area contributed by atoms with E-state index >= 15 is 0 Å². The minimum Gasteiger partial charge on any atom is -0.309 e. The number of hydrogen-bond acceptors (Lipinski definition) is 3. The summed E-state index contributed by atoms with van der Waals surface area (Å²) in [7, 11) is 0. The molecule has 0 amide bonds. The second-order valence-electron chi connectivity index (χ2n) is 21.7. The van der Waals surface area contributed by atoms with E-state index in [1.165, 1.54) is 69.3 Å². The third-order valence-electron chi connectivity index (χ3n) is 17.2. The first kappa shape index (κ1) is 45.9. The van der Waals surface area contributed by atoms with Crippen LogP contribution >= 0.6 is 11.3 Å². The number of para-hydroxylation sites is 6. The molecule has 0 atom stereocenters. The molecule has 0 radical (unpaired) electrons. The Kier molecular flexibility index (Phi) is 9.87. The van der Waals surface area contributed by atoms with Gasteiger partial charge in [0.25, 0.3) is 0 Å². The van der Waals surface area contributed by atoms with Gasteiger partial charge in [-0.3, -0.25) is 9.13 Å². The SMILES string of the molecule is c1ccc(-n2c3ccccc3c3cc(-c4ccc5c(c4)c4ccccc4n5-c4cc(-c5ccc6sc7ccccc7c6c5)nc(-n5c6ccccc6c6cc(-c7ccc8c(c7)c7ccccc7n8-c7ccccc7)ccc65)n4)ccc32)cc1. The molecule has 0 aliphatic carbocycles. The summed E-state index contributed by atoms with van der Waals surface area (Å²) in [6.45, 7) is 0. The van der Waals surface area contributed by atoms with E-state index in [0.29, 0.717) is 5.95 Å². The van der Waals surface area contributed by atoms with Crippen molar-refractivity contribution < 1.29 is 0 Å². The molecule has 18 rings (SSSR count). The smallest absolute Gasteiger partial charge is 0.237 e. The summed E-state index contributed by atoms with van der Waals surface area (Å²) in [5.41, 5.74) is 17.8. The van der Waals surface area contributed by atoms with E-state index in [4.69, 9.17) is 9.97 Å². The zero-order valence-corrected chi connectivity index (χ0v) is 45.5. The van der Waals surface area contributed by atoms with Gasteiger partial charge in [0.15, 0.2) is 0 Å². The van der Waals surface area contributed by atoms with Crippen LogP contribution in [0, 0.1) is 0 Å². The van der Waals surface area contributed by atoms with E-state index in [0.717, 1.165) is 88.8 Å². The van der Waals surface area contributed by atoms with Crippen LogP contribution in [0.4, 0.5) is 0 Å². The van der Waals surface area contributed by atoms with Crippen molar-refractivity contribution >= 4 is 119 Å². The Labute approximate surface area is 479 Å². The van der Waals surface area contributed by atoms with Gasteiger partial charge < -0.3 is 9.13 Å². The lowest BCUT2D eigenvalue weighted by atomic mass is 10.0. The molecule has 83 heavy (non-hydrogen) atoms. The molecule has 0 saturated carbocycles. The lowest BCUT2D eigenvalue weighted by Gasteiger charge is -2.14. The van der Waals surface area contributed by atoms with Gasteiger partial charge in [-0.05, 0) is 138 Å². The molecule has 0 bridgehead atoms. The Hall–Kier alpha value is -10.9. The molecular formula is C76H46N6S. The molecule has 6 nitrogen and oxygen atoms in total. The normalized spacial score (nSPS) is 12.1. The maximum Gasteiger partial charge on any atom is 0.237 e. The minimum absolute atomic E-state index is 0.604. The largest absolute Gasteiger partial charge is 0.309 e. The van der Waals surface area contributed by atoms with Crippen molar-refractivity contribution in [1.82, 2.24) is 28.2 Å². The molecular weight excluding hydrogens is 1030 g/mol. The molecule has 0 unspecified atom stereocenters. The zero-order chi connectivity index (χ0) is 54.3. The molecule has 0 fully saturated rings. The number of benzene rings is 12. The molecule has 18 aromatic rings. The molecule has 0 saturated heterocycles. The van der Waals surface area contributed by atoms with Gasteiger partial charge in [0.05, 0.1) is 49.8 Å². The first-order valence-corrected chi connectivity index (χ1v) is 29.0. The fourth-order valence-electron chi connectivity index (χ4n) is 13.5. The molecule has 386 valence electrons. The van der Waals surface area contributed by atoms with Gasteiger partial charge in [-0.25, -0.2) is 4.98 Å². The third-order valence-corrected chi connectivity index (χ3v) is 18.3. The van der Waals surface area contributed by atoms with Crippen LogP contribution in [-0.4, -0.2) is 28.2 Å². The number of hydrogen-bond donors (Lipinski definition) is 0. The van der Waals surface area contributed by atoms with Gasteiger partial charge in [-0.15, -0.1) is 11.3 Å². The van der Waals surface area contributed by atoms with Crippen molar-refractivity contribution in [3.8, 4) is 56.7 Å². The molecule has 12 aromatic carbocycles. The fourth-order valence-corrected chi connectivity index (χ4v) is 14.5. The number of rotatable bonds is 7. The second kappa shape index (κ2) is 17.8. The first-order valence-electron chi connectivity index (χ1n) is 28.2. The Morgan fingerprint density at radius 2 is 0.578 bits per heavy atom. The van der Waals surface area contributed by atoms with Gasteiger partial charge >= 0.3 is 0 Å². The maximum atomic E-state index is 5.70. The van der Waals surface area contributed by atoms with Crippen LogP contribution in [0.3, 0.4) is 0 Å². The van der Waals surface area contributed by atoms with Gasteiger partial charge in [0, 0.05) is 86.3 Å². The highest BCUT2D eigenvalue weighted by Crippen LogP contribution is 2.43. The monoisotopic (exact) mass is 1070 g/mol. The Bertz CT molecular complexity index is 5410. The summed E-state index contributed by atoms with van der Waals surface area (Å²) in [5.74, 6) is 1.40. The van der Waals surface area contributed by atoms with Crippen LogP contribution in [-0.2, 0) is 0 Å². The van der Waals surface area contributed by atoms with Crippen molar-refractivity contribution in [1.29, 1.82) is 0 Å². The molecule has 0 N–H and O–H groups in total. The lowest BCUT2D eigenvalue weighted by Crippen LogP contribution is -2.07. The predicted octanol–water partition coefficient (Wildman–Crippen LogP) is 20.2. The molecule has 7 heteroatoms. The van der Waals surface area contributed by atoms with E-state index in [1.807, 2.05) is 11.3 Å². The van der Waals surface area contributed by atoms with Crippen LogP contribution in [0.15, 0.2) is 279 Å².